The Labute approximate surface area is 125 Å². The Kier molecular flexibility index (Phi) is 4.46. The summed E-state index contributed by atoms with van der Waals surface area (Å²) >= 11 is 5.82. The maximum atomic E-state index is 13.3. The Hall–Kier alpha value is -1.69. The number of hydrogen-bond acceptors (Lipinski definition) is 2. The lowest BCUT2D eigenvalue weighted by Gasteiger charge is -2.37. The smallest absolute Gasteiger partial charge is 0.255 e. The van der Waals surface area contributed by atoms with Gasteiger partial charge in [-0.15, -0.1) is 0 Å². The van der Waals surface area contributed by atoms with Crippen molar-refractivity contribution < 1.29 is 18.4 Å². The largest absolute Gasteiger partial charge is 0.369 e. The summed E-state index contributed by atoms with van der Waals surface area (Å²) in [5.74, 6) is -3.69. The van der Waals surface area contributed by atoms with Crippen molar-refractivity contribution >= 4 is 23.4 Å². The number of benzene rings is 1. The van der Waals surface area contributed by atoms with Crippen molar-refractivity contribution in [3.63, 3.8) is 0 Å². The van der Waals surface area contributed by atoms with E-state index in [0.717, 1.165) is 12.1 Å². The molecule has 1 heterocycles. The van der Waals surface area contributed by atoms with Crippen LogP contribution in [-0.2, 0) is 4.79 Å². The molecular weight excluding hydrogens is 302 g/mol. The van der Waals surface area contributed by atoms with Gasteiger partial charge in [0.15, 0.2) is 11.6 Å². The summed E-state index contributed by atoms with van der Waals surface area (Å²) in [6.45, 7) is 1.98. The minimum Gasteiger partial charge on any atom is -0.369 e. The van der Waals surface area contributed by atoms with E-state index in [1.807, 2.05) is 6.92 Å². The predicted octanol–water partition coefficient (Wildman–Crippen LogP) is 2.34. The molecule has 0 unspecified atom stereocenters. The Morgan fingerprint density at radius 2 is 1.90 bits per heavy atom. The highest BCUT2D eigenvalue weighted by atomic mass is 35.5. The maximum Gasteiger partial charge on any atom is 0.255 e. The minimum absolute atomic E-state index is 0.118. The second kappa shape index (κ2) is 5.97. The molecule has 0 aliphatic carbocycles. The highest BCUT2D eigenvalue weighted by Gasteiger charge is 2.33. The fraction of sp³-hybridized carbons (Fsp3) is 0.429. The van der Waals surface area contributed by atoms with Crippen LogP contribution in [0.2, 0.25) is 5.02 Å². The molecule has 21 heavy (non-hydrogen) atoms. The molecule has 0 saturated carbocycles. The summed E-state index contributed by atoms with van der Waals surface area (Å²) in [6.07, 6.45) is 1.21. The van der Waals surface area contributed by atoms with Crippen molar-refractivity contribution in [1.82, 2.24) is 4.90 Å². The van der Waals surface area contributed by atoms with E-state index in [-0.39, 0.29) is 23.2 Å². The van der Waals surface area contributed by atoms with Crippen LogP contribution < -0.4 is 5.73 Å². The van der Waals surface area contributed by atoms with Crippen LogP contribution in [0.5, 0.6) is 0 Å². The number of piperidine rings is 1. The third-order valence-electron chi connectivity index (χ3n) is 3.79. The molecule has 2 atom stereocenters. The molecule has 1 aliphatic heterocycles. The molecule has 1 aromatic carbocycles. The molecule has 0 spiro atoms. The van der Waals surface area contributed by atoms with E-state index in [2.05, 4.69) is 0 Å². The van der Waals surface area contributed by atoms with E-state index in [4.69, 9.17) is 17.3 Å². The van der Waals surface area contributed by atoms with Gasteiger partial charge in [0.25, 0.3) is 5.91 Å². The molecule has 0 aromatic heterocycles. The van der Waals surface area contributed by atoms with E-state index in [1.165, 1.54) is 4.90 Å². The third kappa shape index (κ3) is 3.15. The Morgan fingerprint density at radius 3 is 2.52 bits per heavy atom. The molecule has 2 rings (SSSR count). The monoisotopic (exact) mass is 316 g/mol. The SMILES string of the molecule is C[C@@H]1CC[C@@H](C(N)=O)CN1C(=O)c1cc(F)c(F)cc1Cl. The molecule has 1 aromatic rings. The Morgan fingerprint density at radius 1 is 1.29 bits per heavy atom. The van der Waals surface area contributed by atoms with E-state index in [0.29, 0.717) is 12.8 Å². The third-order valence-corrected chi connectivity index (χ3v) is 4.10. The van der Waals surface area contributed by atoms with Gasteiger partial charge in [-0.1, -0.05) is 11.6 Å². The molecule has 4 nitrogen and oxygen atoms in total. The van der Waals surface area contributed by atoms with Gasteiger partial charge in [-0.2, -0.15) is 0 Å². The first-order valence-corrected chi connectivity index (χ1v) is 6.94. The van der Waals surface area contributed by atoms with E-state index in [9.17, 15) is 18.4 Å². The fourth-order valence-corrected chi connectivity index (χ4v) is 2.69. The number of carbonyl (C=O) groups excluding carboxylic acids is 2. The summed E-state index contributed by atoms with van der Waals surface area (Å²) in [7, 11) is 0. The Bertz CT molecular complexity index is 595. The number of likely N-dealkylation sites (tertiary alicyclic amines) is 1. The second-order valence-corrected chi connectivity index (χ2v) is 5.64. The van der Waals surface area contributed by atoms with Crippen LogP contribution in [0.1, 0.15) is 30.1 Å². The molecule has 2 amide bonds. The summed E-state index contributed by atoms with van der Waals surface area (Å²) in [5, 5.41) is -0.160. The normalized spacial score (nSPS) is 22.2. The number of nitrogens with zero attached hydrogens (tertiary/aromatic N) is 1. The lowest BCUT2D eigenvalue weighted by Crippen LogP contribution is -2.48. The van der Waals surface area contributed by atoms with Gasteiger partial charge >= 0.3 is 0 Å². The average Bonchev–Trinajstić information content (AvgIpc) is 2.42. The van der Waals surface area contributed by atoms with Gasteiger partial charge < -0.3 is 10.6 Å². The highest BCUT2D eigenvalue weighted by molar-refractivity contribution is 6.33. The number of nitrogens with two attached hydrogens (primary N) is 1. The number of carbonyl (C=O) groups is 2. The van der Waals surface area contributed by atoms with Crippen molar-refractivity contribution in [2.75, 3.05) is 6.54 Å². The topological polar surface area (TPSA) is 63.4 Å². The van der Waals surface area contributed by atoms with Gasteiger partial charge in [0, 0.05) is 12.6 Å². The summed E-state index contributed by atoms with van der Waals surface area (Å²) in [6, 6.07) is 1.42. The van der Waals surface area contributed by atoms with Crippen LogP contribution in [0.4, 0.5) is 8.78 Å². The average molecular weight is 317 g/mol. The summed E-state index contributed by atoms with van der Waals surface area (Å²) in [5.41, 5.74) is 5.16. The molecular formula is C14H15ClF2N2O2. The van der Waals surface area contributed by atoms with Gasteiger partial charge in [-0.25, -0.2) is 8.78 Å². The van der Waals surface area contributed by atoms with Crippen molar-refractivity contribution in [3.8, 4) is 0 Å². The standard InChI is InChI=1S/C14H15ClF2N2O2/c1-7-2-3-8(13(18)20)6-19(7)14(21)9-4-11(16)12(17)5-10(9)15/h4-5,7-8H,2-3,6H2,1H3,(H2,18,20)/t7-,8-/m1/s1. The van der Waals surface area contributed by atoms with Crippen LogP contribution in [0, 0.1) is 17.6 Å². The van der Waals surface area contributed by atoms with Crippen LogP contribution in [0.3, 0.4) is 0 Å². The molecule has 2 N–H and O–H groups in total. The summed E-state index contributed by atoms with van der Waals surface area (Å²) in [4.78, 5) is 25.2. The van der Waals surface area contributed by atoms with Crippen molar-refractivity contribution in [1.29, 1.82) is 0 Å². The lowest BCUT2D eigenvalue weighted by molar-refractivity contribution is -0.123. The minimum atomic E-state index is -1.14. The van der Waals surface area contributed by atoms with Crippen molar-refractivity contribution in [2.45, 2.75) is 25.8 Å². The highest BCUT2D eigenvalue weighted by Crippen LogP contribution is 2.27. The van der Waals surface area contributed by atoms with E-state index in [1.54, 1.807) is 0 Å². The first-order valence-electron chi connectivity index (χ1n) is 6.56. The molecule has 1 aliphatic rings. The maximum absolute atomic E-state index is 13.3. The fourth-order valence-electron chi connectivity index (χ4n) is 2.46. The predicted molar refractivity (Wildman–Crippen MR) is 73.8 cm³/mol. The van der Waals surface area contributed by atoms with Crippen molar-refractivity contribution in [3.05, 3.63) is 34.4 Å². The molecule has 114 valence electrons. The van der Waals surface area contributed by atoms with Crippen LogP contribution >= 0.6 is 11.6 Å². The zero-order valence-electron chi connectivity index (χ0n) is 11.4. The quantitative estimate of drug-likeness (QED) is 0.851. The zero-order chi connectivity index (χ0) is 15.7. The molecule has 1 fully saturated rings. The second-order valence-electron chi connectivity index (χ2n) is 5.23. The molecule has 7 heteroatoms. The van der Waals surface area contributed by atoms with E-state index < -0.39 is 29.4 Å². The van der Waals surface area contributed by atoms with Gasteiger partial charge in [0.2, 0.25) is 5.91 Å². The van der Waals surface area contributed by atoms with Crippen LogP contribution in [0.15, 0.2) is 12.1 Å². The number of primary amides is 1. The van der Waals surface area contributed by atoms with Crippen LogP contribution in [-0.4, -0.2) is 29.3 Å². The van der Waals surface area contributed by atoms with Crippen molar-refractivity contribution in [2.24, 2.45) is 11.7 Å². The number of hydrogen-bond donors (Lipinski definition) is 1. The van der Waals surface area contributed by atoms with Gasteiger partial charge in [0.1, 0.15) is 0 Å². The van der Waals surface area contributed by atoms with Gasteiger partial charge in [-0.3, -0.25) is 9.59 Å². The molecule has 0 radical (unpaired) electrons. The molecule has 1 saturated heterocycles. The lowest BCUT2D eigenvalue weighted by atomic mass is 9.92. The first kappa shape index (κ1) is 15.7. The van der Waals surface area contributed by atoms with E-state index >= 15 is 0 Å². The first-order chi connectivity index (χ1) is 9.81. The number of halogens is 3. The van der Waals surface area contributed by atoms with Gasteiger partial charge in [-0.05, 0) is 31.9 Å². The number of amides is 2. The van der Waals surface area contributed by atoms with Gasteiger partial charge in [0.05, 0.1) is 16.5 Å². The zero-order valence-corrected chi connectivity index (χ0v) is 12.2. The molecule has 0 bridgehead atoms. The number of rotatable bonds is 2. The van der Waals surface area contributed by atoms with Crippen LogP contribution in [0.25, 0.3) is 0 Å². The summed E-state index contributed by atoms with van der Waals surface area (Å²) < 4.78 is 26.4. The Balaban J connectivity index is 2.30.